The fourth-order valence-electron chi connectivity index (χ4n) is 0.489. The second kappa shape index (κ2) is 4.73. The lowest BCUT2D eigenvalue weighted by Gasteiger charge is -1.95. The summed E-state index contributed by atoms with van der Waals surface area (Å²) in [7, 11) is 1.33. The van der Waals surface area contributed by atoms with Crippen molar-refractivity contribution in [3.05, 3.63) is 11.8 Å². The Balaban J connectivity index is 4.23. The van der Waals surface area contributed by atoms with Crippen molar-refractivity contribution in [1.82, 2.24) is 0 Å². The highest BCUT2D eigenvalue weighted by molar-refractivity contribution is 5.89. The van der Waals surface area contributed by atoms with E-state index in [0.29, 0.717) is 5.70 Å². The van der Waals surface area contributed by atoms with Gasteiger partial charge in [-0.25, -0.2) is 4.79 Å². The molecule has 0 bridgehead atoms. The van der Waals surface area contributed by atoms with Crippen molar-refractivity contribution in [2.45, 2.75) is 13.8 Å². The van der Waals surface area contributed by atoms with E-state index in [1.807, 2.05) is 0 Å². The van der Waals surface area contributed by atoms with Crippen LogP contribution in [0.3, 0.4) is 0 Å². The number of nitrogens with zero attached hydrogens (tertiary/aromatic N) is 1. The SMILES string of the molecule is CC=N/C(=C\C)C(=O)OC. The predicted molar refractivity (Wildman–Crippen MR) is 39.9 cm³/mol. The van der Waals surface area contributed by atoms with Gasteiger partial charge in [0.1, 0.15) is 5.70 Å². The minimum absolute atomic E-state index is 0.338. The highest BCUT2D eigenvalue weighted by Gasteiger charge is 2.03. The van der Waals surface area contributed by atoms with E-state index in [1.54, 1.807) is 26.1 Å². The molecule has 3 nitrogen and oxygen atoms in total. The average molecular weight is 141 g/mol. The van der Waals surface area contributed by atoms with Gasteiger partial charge in [0.25, 0.3) is 0 Å². The normalized spacial score (nSPS) is 12.1. The van der Waals surface area contributed by atoms with E-state index in [0.717, 1.165) is 0 Å². The topological polar surface area (TPSA) is 38.7 Å². The maximum absolute atomic E-state index is 10.7. The van der Waals surface area contributed by atoms with Crippen LogP contribution in [0.5, 0.6) is 0 Å². The summed E-state index contributed by atoms with van der Waals surface area (Å²) in [4.78, 5) is 14.5. The number of carbonyl (C=O) groups is 1. The Bertz CT molecular complexity index is 170. The average Bonchev–Trinajstić information content (AvgIpc) is 1.99. The molecule has 3 heteroatoms. The molecule has 0 atom stereocenters. The standard InChI is InChI=1S/C7H11NO2/c1-4-6(8-5-2)7(9)10-3/h4-5H,1-3H3/b6-4-,8-5?. The molecule has 0 aliphatic carbocycles. The van der Waals surface area contributed by atoms with Gasteiger partial charge in [-0.05, 0) is 13.8 Å². The van der Waals surface area contributed by atoms with Gasteiger partial charge in [0.2, 0.25) is 0 Å². The molecule has 0 saturated carbocycles. The molecular weight excluding hydrogens is 130 g/mol. The number of methoxy groups -OCH3 is 1. The molecule has 0 amide bonds. The summed E-state index contributed by atoms with van der Waals surface area (Å²) in [5.41, 5.74) is 0.338. The van der Waals surface area contributed by atoms with Gasteiger partial charge in [0, 0.05) is 6.21 Å². The lowest BCUT2D eigenvalue weighted by atomic mass is 10.4. The van der Waals surface area contributed by atoms with E-state index in [2.05, 4.69) is 9.73 Å². The van der Waals surface area contributed by atoms with Crippen LogP contribution in [0.4, 0.5) is 0 Å². The lowest BCUT2D eigenvalue weighted by Crippen LogP contribution is -2.02. The van der Waals surface area contributed by atoms with Gasteiger partial charge in [-0.15, -0.1) is 0 Å². The molecule has 10 heavy (non-hydrogen) atoms. The van der Waals surface area contributed by atoms with Crippen LogP contribution in [0.25, 0.3) is 0 Å². The van der Waals surface area contributed by atoms with Crippen molar-refractivity contribution in [3.8, 4) is 0 Å². The van der Waals surface area contributed by atoms with Crippen molar-refractivity contribution in [3.63, 3.8) is 0 Å². The molecule has 0 radical (unpaired) electrons. The third-order valence-electron chi connectivity index (χ3n) is 0.936. The van der Waals surface area contributed by atoms with Crippen LogP contribution < -0.4 is 0 Å². The molecular formula is C7H11NO2. The molecule has 0 saturated heterocycles. The smallest absolute Gasteiger partial charge is 0.356 e. The number of hydrogen-bond donors (Lipinski definition) is 0. The Morgan fingerprint density at radius 3 is 2.40 bits per heavy atom. The highest BCUT2D eigenvalue weighted by atomic mass is 16.5. The molecule has 0 N–H and O–H groups in total. The fourth-order valence-corrected chi connectivity index (χ4v) is 0.489. The van der Waals surface area contributed by atoms with Gasteiger partial charge in [-0.1, -0.05) is 6.08 Å². The minimum atomic E-state index is -0.402. The molecule has 0 aromatic carbocycles. The van der Waals surface area contributed by atoms with Crippen molar-refractivity contribution in [2.75, 3.05) is 7.11 Å². The van der Waals surface area contributed by atoms with Crippen LogP contribution in [0, 0.1) is 0 Å². The Kier molecular flexibility index (Phi) is 4.20. The molecule has 0 rings (SSSR count). The van der Waals surface area contributed by atoms with Gasteiger partial charge < -0.3 is 4.74 Å². The van der Waals surface area contributed by atoms with Crippen LogP contribution in [0.1, 0.15) is 13.8 Å². The van der Waals surface area contributed by atoms with Gasteiger partial charge >= 0.3 is 5.97 Å². The first-order valence-electron chi connectivity index (χ1n) is 2.99. The predicted octanol–water partition coefficient (Wildman–Crippen LogP) is 1.15. The van der Waals surface area contributed by atoms with Gasteiger partial charge in [-0.3, -0.25) is 4.99 Å². The molecule has 0 aliphatic rings. The van der Waals surface area contributed by atoms with Crippen LogP contribution in [-0.4, -0.2) is 19.3 Å². The lowest BCUT2D eigenvalue weighted by molar-refractivity contribution is -0.136. The number of carbonyl (C=O) groups excluding carboxylic acids is 1. The molecule has 0 aromatic heterocycles. The maximum Gasteiger partial charge on any atom is 0.356 e. The Labute approximate surface area is 60.4 Å². The molecule has 0 aromatic rings. The minimum Gasteiger partial charge on any atom is -0.464 e. The molecule has 0 heterocycles. The number of aliphatic imine (C=N–C) groups is 1. The quantitative estimate of drug-likeness (QED) is 0.329. The van der Waals surface area contributed by atoms with Crippen molar-refractivity contribution < 1.29 is 9.53 Å². The monoisotopic (exact) mass is 141 g/mol. The van der Waals surface area contributed by atoms with E-state index in [4.69, 9.17) is 0 Å². The zero-order valence-electron chi connectivity index (χ0n) is 6.42. The molecule has 56 valence electrons. The number of hydrogen-bond acceptors (Lipinski definition) is 3. The number of esters is 1. The van der Waals surface area contributed by atoms with Crippen LogP contribution in [0.15, 0.2) is 16.8 Å². The summed E-state index contributed by atoms with van der Waals surface area (Å²) in [5.74, 6) is -0.402. The molecule has 0 aliphatic heterocycles. The van der Waals surface area contributed by atoms with E-state index < -0.39 is 5.97 Å². The molecule has 0 fully saturated rings. The van der Waals surface area contributed by atoms with Gasteiger partial charge in [0.15, 0.2) is 0 Å². The van der Waals surface area contributed by atoms with Crippen molar-refractivity contribution in [2.24, 2.45) is 4.99 Å². The zero-order valence-corrected chi connectivity index (χ0v) is 6.42. The zero-order chi connectivity index (χ0) is 7.98. The Morgan fingerprint density at radius 1 is 1.50 bits per heavy atom. The summed E-state index contributed by atoms with van der Waals surface area (Å²) < 4.78 is 4.43. The highest BCUT2D eigenvalue weighted by Crippen LogP contribution is 1.97. The number of allylic oxidation sites excluding steroid dienone is 1. The summed E-state index contributed by atoms with van der Waals surface area (Å²) in [5, 5.41) is 0. The largest absolute Gasteiger partial charge is 0.464 e. The first-order chi connectivity index (χ1) is 4.76. The summed E-state index contributed by atoms with van der Waals surface area (Å²) >= 11 is 0. The van der Waals surface area contributed by atoms with Gasteiger partial charge in [0.05, 0.1) is 7.11 Å². The Hall–Kier alpha value is -1.12. The maximum atomic E-state index is 10.7. The van der Waals surface area contributed by atoms with E-state index in [9.17, 15) is 4.79 Å². The Morgan fingerprint density at radius 2 is 2.10 bits per heavy atom. The first kappa shape index (κ1) is 8.88. The molecule has 0 unspecified atom stereocenters. The number of ether oxygens (including phenoxy) is 1. The summed E-state index contributed by atoms with van der Waals surface area (Å²) in [6, 6.07) is 0. The van der Waals surface area contributed by atoms with Crippen LogP contribution in [0.2, 0.25) is 0 Å². The van der Waals surface area contributed by atoms with Crippen LogP contribution >= 0.6 is 0 Å². The van der Waals surface area contributed by atoms with Crippen molar-refractivity contribution >= 4 is 12.2 Å². The first-order valence-corrected chi connectivity index (χ1v) is 2.99. The summed E-state index contributed by atoms with van der Waals surface area (Å²) in [6.45, 7) is 3.48. The van der Waals surface area contributed by atoms with E-state index >= 15 is 0 Å². The van der Waals surface area contributed by atoms with Crippen molar-refractivity contribution in [1.29, 1.82) is 0 Å². The second-order valence-electron chi connectivity index (χ2n) is 1.55. The second-order valence-corrected chi connectivity index (χ2v) is 1.55. The molecule has 0 spiro atoms. The van der Waals surface area contributed by atoms with E-state index in [1.165, 1.54) is 7.11 Å². The third kappa shape index (κ3) is 2.44. The summed E-state index contributed by atoms with van der Waals surface area (Å²) in [6.07, 6.45) is 3.15. The van der Waals surface area contributed by atoms with Crippen LogP contribution in [-0.2, 0) is 9.53 Å². The third-order valence-corrected chi connectivity index (χ3v) is 0.936. The van der Waals surface area contributed by atoms with E-state index in [-0.39, 0.29) is 0 Å². The number of rotatable bonds is 2. The fraction of sp³-hybridized carbons (Fsp3) is 0.429. The van der Waals surface area contributed by atoms with Gasteiger partial charge in [-0.2, -0.15) is 0 Å².